The number of carboxylic acids is 1. The minimum Gasteiger partial charge on any atom is -0.481 e. The second-order valence-corrected chi connectivity index (χ2v) is 5.22. The molecule has 0 rings (SSSR count). The number of rotatable bonds is 13. The number of unbranched alkanes of at least 4 members (excludes halogenated alkanes) is 4. The lowest BCUT2D eigenvalue weighted by molar-refractivity contribution is -0.137. The molecule has 1 unspecified atom stereocenters. The van der Waals surface area contributed by atoms with E-state index in [1.807, 2.05) is 12.2 Å². The first-order chi connectivity index (χ1) is 10.2. The number of hydrogen-bond donors (Lipinski definition) is 2. The monoisotopic (exact) mass is 294 g/mol. The Morgan fingerprint density at radius 2 is 1.86 bits per heavy atom. The van der Waals surface area contributed by atoms with Crippen LogP contribution in [-0.4, -0.2) is 22.3 Å². The van der Waals surface area contributed by atoms with Crippen LogP contribution in [0.1, 0.15) is 64.7 Å². The number of allylic oxidation sites excluding steroid dienone is 5. The smallest absolute Gasteiger partial charge is 0.303 e. The summed E-state index contributed by atoms with van der Waals surface area (Å²) in [7, 11) is 0. The summed E-state index contributed by atoms with van der Waals surface area (Å²) < 4.78 is 0. The fourth-order valence-electron chi connectivity index (χ4n) is 1.88. The van der Waals surface area contributed by atoms with Crippen molar-refractivity contribution in [1.82, 2.24) is 0 Å². The molecule has 0 aliphatic heterocycles. The van der Waals surface area contributed by atoms with Gasteiger partial charge in [-0.05, 0) is 38.5 Å². The van der Waals surface area contributed by atoms with E-state index >= 15 is 0 Å². The molecule has 0 heterocycles. The van der Waals surface area contributed by atoms with E-state index in [9.17, 15) is 9.90 Å². The molecule has 3 nitrogen and oxygen atoms in total. The van der Waals surface area contributed by atoms with Crippen LogP contribution < -0.4 is 0 Å². The van der Waals surface area contributed by atoms with Crippen LogP contribution in [0.15, 0.2) is 36.5 Å². The van der Waals surface area contributed by atoms with Gasteiger partial charge in [0, 0.05) is 6.42 Å². The second kappa shape index (κ2) is 15.0. The van der Waals surface area contributed by atoms with Gasteiger partial charge in [0.2, 0.25) is 0 Å². The first kappa shape index (κ1) is 19.7. The van der Waals surface area contributed by atoms with Crippen LogP contribution in [0.3, 0.4) is 0 Å². The third-order valence-corrected chi connectivity index (χ3v) is 3.13. The fourth-order valence-corrected chi connectivity index (χ4v) is 1.88. The second-order valence-electron chi connectivity index (χ2n) is 5.22. The van der Waals surface area contributed by atoms with E-state index in [-0.39, 0.29) is 6.42 Å². The maximum Gasteiger partial charge on any atom is 0.303 e. The van der Waals surface area contributed by atoms with Gasteiger partial charge in [-0.25, -0.2) is 0 Å². The number of carbonyl (C=O) groups is 1. The van der Waals surface area contributed by atoms with Gasteiger partial charge in [-0.1, -0.05) is 56.2 Å². The topological polar surface area (TPSA) is 57.5 Å². The van der Waals surface area contributed by atoms with E-state index in [1.54, 1.807) is 6.08 Å². The summed E-state index contributed by atoms with van der Waals surface area (Å²) in [6, 6.07) is 0. The first-order valence-electron chi connectivity index (χ1n) is 8.05. The third-order valence-electron chi connectivity index (χ3n) is 3.13. The average molecular weight is 294 g/mol. The average Bonchev–Trinajstić information content (AvgIpc) is 2.45. The Balaban J connectivity index is 3.55. The number of aliphatic carboxylic acids is 1. The molecule has 0 bridgehead atoms. The summed E-state index contributed by atoms with van der Waals surface area (Å²) in [5.74, 6) is -0.772. The summed E-state index contributed by atoms with van der Waals surface area (Å²) in [6.45, 7) is 2.21. The molecule has 0 aliphatic rings. The van der Waals surface area contributed by atoms with Gasteiger partial charge in [0.25, 0.3) is 0 Å². The molecule has 2 N–H and O–H groups in total. The van der Waals surface area contributed by atoms with Crippen molar-refractivity contribution in [3.05, 3.63) is 36.5 Å². The van der Waals surface area contributed by atoms with E-state index in [1.165, 1.54) is 19.3 Å². The Kier molecular flexibility index (Phi) is 14.1. The van der Waals surface area contributed by atoms with Crippen molar-refractivity contribution >= 4 is 5.97 Å². The number of aliphatic hydroxyl groups excluding tert-OH is 1. The van der Waals surface area contributed by atoms with Crippen molar-refractivity contribution in [2.45, 2.75) is 70.8 Å². The third kappa shape index (κ3) is 16.6. The molecule has 3 heteroatoms. The predicted octanol–water partition coefficient (Wildman–Crippen LogP) is 4.63. The molecule has 0 aromatic carbocycles. The number of carboxylic acid groups (broad SMARTS) is 1. The van der Waals surface area contributed by atoms with Crippen LogP contribution in [0.2, 0.25) is 0 Å². The largest absolute Gasteiger partial charge is 0.481 e. The Morgan fingerprint density at radius 1 is 1.05 bits per heavy atom. The number of aliphatic hydroxyl groups is 1. The normalized spacial score (nSPS) is 13.6. The summed E-state index contributed by atoms with van der Waals surface area (Å²) in [4.78, 5) is 10.3. The van der Waals surface area contributed by atoms with E-state index in [4.69, 9.17) is 5.11 Å². The van der Waals surface area contributed by atoms with Crippen molar-refractivity contribution in [2.75, 3.05) is 0 Å². The highest BCUT2D eigenvalue weighted by atomic mass is 16.4. The van der Waals surface area contributed by atoms with Gasteiger partial charge in [-0.3, -0.25) is 4.79 Å². The van der Waals surface area contributed by atoms with Gasteiger partial charge in [0.1, 0.15) is 0 Å². The maximum absolute atomic E-state index is 10.3. The standard InChI is InChI=1S/C18H30O3/c1-2-3-4-5-6-7-8-9-10-11-14-17(19)15-12-13-16-18(20)21/h6-7,9-11,14,17,19H,2-5,8,12-13,15-16H2,1H3,(H,20,21)/b7-6-,10-9-,14-11+. The molecule has 0 saturated heterocycles. The molecule has 0 spiro atoms. The van der Waals surface area contributed by atoms with E-state index in [0.29, 0.717) is 12.8 Å². The molecule has 0 radical (unpaired) electrons. The molecule has 0 aromatic rings. The zero-order chi connectivity index (χ0) is 15.8. The Morgan fingerprint density at radius 3 is 2.57 bits per heavy atom. The van der Waals surface area contributed by atoms with Crippen molar-refractivity contribution in [3.63, 3.8) is 0 Å². The Hall–Kier alpha value is -1.35. The predicted molar refractivity (Wildman–Crippen MR) is 88.3 cm³/mol. The van der Waals surface area contributed by atoms with Gasteiger partial charge >= 0.3 is 5.97 Å². The highest BCUT2D eigenvalue weighted by Crippen LogP contribution is 2.05. The van der Waals surface area contributed by atoms with Crippen LogP contribution in [0.25, 0.3) is 0 Å². The highest BCUT2D eigenvalue weighted by molar-refractivity contribution is 5.66. The molecule has 120 valence electrons. The SMILES string of the molecule is CCCCC/C=C\C/C=C\C=C\C(O)CCCCC(=O)O. The van der Waals surface area contributed by atoms with Crippen molar-refractivity contribution in [1.29, 1.82) is 0 Å². The summed E-state index contributed by atoms with van der Waals surface area (Å²) in [5.41, 5.74) is 0. The van der Waals surface area contributed by atoms with Crippen LogP contribution in [-0.2, 0) is 4.79 Å². The van der Waals surface area contributed by atoms with Crippen LogP contribution >= 0.6 is 0 Å². The van der Waals surface area contributed by atoms with Gasteiger partial charge in [-0.2, -0.15) is 0 Å². The molecule has 1 atom stereocenters. The lowest BCUT2D eigenvalue weighted by Crippen LogP contribution is -2.02. The minimum atomic E-state index is -0.772. The zero-order valence-electron chi connectivity index (χ0n) is 13.2. The Bertz CT molecular complexity index is 329. The van der Waals surface area contributed by atoms with Gasteiger partial charge in [0.05, 0.1) is 6.10 Å². The quantitative estimate of drug-likeness (QED) is 0.296. The molecule has 21 heavy (non-hydrogen) atoms. The summed E-state index contributed by atoms with van der Waals surface area (Å²) in [6.07, 6.45) is 19.6. The van der Waals surface area contributed by atoms with Crippen LogP contribution in [0, 0.1) is 0 Å². The van der Waals surface area contributed by atoms with E-state index < -0.39 is 12.1 Å². The van der Waals surface area contributed by atoms with Crippen LogP contribution in [0.4, 0.5) is 0 Å². The molecular weight excluding hydrogens is 264 g/mol. The van der Waals surface area contributed by atoms with E-state index in [0.717, 1.165) is 19.3 Å². The highest BCUT2D eigenvalue weighted by Gasteiger charge is 2.00. The summed E-state index contributed by atoms with van der Waals surface area (Å²) >= 11 is 0. The fraction of sp³-hybridized carbons (Fsp3) is 0.611. The van der Waals surface area contributed by atoms with Crippen molar-refractivity contribution < 1.29 is 15.0 Å². The molecule has 0 amide bonds. The molecule has 0 saturated carbocycles. The number of hydrogen-bond acceptors (Lipinski definition) is 2. The van der Waals surface area contributed by atoms with E-state index in [2.05, 4.69) is 25.2 Å². The van der Waals surface area contributed by atoms with Crippen molar-refractivity contribution in [3.8, 4) is 0 Å². The lowest BCUT2D eigenvalue weighted by Gasteiger charge is -2.03. The zero-order valence-corrected chi connectivity index (χ0v) is 13.2. The maximum atomic E-state index is 10.3. The first-order valence-corrected chi connectivity index (χ1v) is 8.05. The Labute approximate surface area is 129 Å². The molecule has 0 fully saturated rings. The minimum absolute atomic E-state index is 0.181. The summed E-state index contributed by atoms with van der Waals surface area (Å²) in [5, 5.41) is 18.1. The molecule has 0 aliphatic carbocycles. The van der Waals surface area contributed by atoms with Crippen LogP contribution in [0.5, 0.6) is 0 Å². The van der Waals surface area contributed by atoms with Gasteiger partial charge in [0.15, 0.2) is 0 Å². The van der Waals surface area contributed by atoms with Gasteiger partial charge < -0.3 is 10.2 Å². The molecule has 0 aromatic heterocycles. The molecular formula is C18H30O3. The van der Waals surface area contributed by atoms with Gasteiger partial charge in [-0.15, -0.1) is 0 Å². The van der Waals surface area contributed by atoms with Crippen molar-refractivity contribution in [2.24, 2.45) is 0 Å². The lowest BCUT2D eigenvalue weighted by atomic mass is 10.1.